The standard InChI is InChI=1S/C21H20N4O4/c1-3-5-14-6-4-7-15(20(14)27)11-23-24-19(26)12-25-13-22-18-10-16(29-2)8-9-17(18)21(25)28/h3-4,6-11,13,27H,1,5,12H2,2H3,(H,24,26)/b23-11+. The van der Waals surface area contributed by atoms with Crippen LogP contribution < -0.4 is 15.7 Å². The number of nitrogens with zero attached hydrogens (tertiary/aromatic N) is 3. The number of allylic oxidation sites excluding steroid dienone is 1. The van der Waals surface area contributed by atoms with Crippen LogP contribution in [0, 0.1) is 0 Å². The molecule has 0 radical (unpaired) electrons. The third kappa shape index (κ3) is 4.49. The van der Waals surface area contributed by atoms with Crippen molar-refractivity contribution in [1.29, 1.82) is 0 Å². The lowest BCUT2D eigenvalue weighted by molar-refractivity contribution is -0.121. The van der Waals surface area contributed by atoms with Gasteiger partial charge in [0.25, 0.3) is 11.5 Å². The number of carbonyl (C=O) groups is 1. The molecule has 0 spiro atoms. The highest BCUT2D eigenvalue weighted by Gasteiger charge is 2.09. The second kappa shape index (κ2) is 8.83. The van der Waals surface area contributed by atoms with Crippen molar-refractivity contribution in [1.82, 2.24) is 15.0 Å². The molecule has 1 aromatic heterocycles. The summed E-state index contributed by atoms with van der Waals surface area (Å²) in [4.78, 5) is 28.9. The van der Waals surface area contributed by atoms with Crippen molar-refractivity contribution in [3.05, 3.63) is 76.9 Å². The number of aromatic hydroxyl groups is 1. The van der Waals surface area contributed by atoms with E-state index in [0.717, 1.165) is 0 Å². The second-order valence-corrected chi connectivity index (χ2v) is 6.20. The Morgan fingerprint density at radius 1 is 1.38 bits per heavy atom. The molecule has 8 heteroatoms. The molecule has 0 saturated carbocycles. The number of hydrazone groups is 1. The zero-order chi connectivity index (χ0) is 20.8. The molecule has 0 atom stereocenters. The van der Waals surface area contributed by atoms with E-state index in [2.05, 4.69) is 22.1 Å². The number of ether oxygens (including phenoxy) is 1. The van der Waals surface area contributed by atoms with Crippen LogP contribution in [-0.4, -0.2) is 33.9 Å². The molecule has 0 bridgehead atoms. The van der Waals surface area contributed by atoms with Crippen LogP contribution >= 0.6 is 0 Å². The third-order valence-corrected chi connectivity index (χ3v) is 4.25. The smallest absolute Gasteiger partial charge is 0.261 e. The molecule has 1 heterocycles. The van der Waals surface area contributed by atoms with E-state index in [1.807, 2.05) is 0 Å². The summed E-state index contributed by atoms with van der Waals surface area (Å²) in [5, 5.41) is 14.4. The summed E-state index contributed by atoms with van der Waals surface area (Å²) >= 11 is 0. The van der Waals surface area contributed by atoms with Crippen LogP contribution in [0.15, 0.2) is 65.3 Å². The van der Waals surface area contributed by atoms with Crippen molar-refractivity contribution in [2.75, 3.05) is 7.11 Å². The molecule has 3 rings (SSSR count). The van der Waals surface area contributed by atoms with Gasteiger partial charge in [-0.1, -0.05) is 18.2 Å². The minimum atomic E-state index is -0.500. The Balaban J connectivity index is 1.71. The predicted molar refractivity (Wildman–Crippen MR) is 110 cm³/mol. The average molecular weight is 392 g/mol. The minimum Gasteiger partial charge on any atom is -0.507 e. The molecule has 2 N–H and O–H groups in total. The number of amides is 1. The van der Waals surface area contributed by atoms with Gasteiger partial charge in [0.05, 0.1) is 30.6 Å². The van der Waals surface area contributed by atoms with Gasteiger partial charge in [-0.2, -0.15) is 5.10 Å². The minimum absolute atomic E-state index is 0.0794. The number of nitrogens with one attached hydrogen (secondary N) is 1. The molecule has 29 heavy (non-hydrogen) atoms. The number of phenolic OH excluding ortho intramolecular Hbond substituents is 1. The fraction of sp³-hybridized carbons (Fsp3) is 0.143. The lowest BCUT2D eigenvalue weighted by atomic mass is 10.1. The van der Waals surface area contributed by atoms with E-state index >= 15 is 0 Å². The van der Waals surface area contributed by atoms with Crippen molar-refractivity contribution >= 4 is 23.0 Å². The Bertz CT molecular complexity index is 1150. The van der Waals surface area contributed by atoms with Crippen LogP contribution in [0.25, 0.3) is 10.9 Å². The Labute approximate surface area is 166 Å². The molecule has 0 aliphatic heterocycles. The van der Waals surface area contributed by atoms with Crippen LogP contribution in [0.4, 0.5) is 0 Å². The first kappa shape index (κ1) is 19.8. The highest BCUT2D eigenvalue weighted by atomic mass is 16.5. The summed E-state index contributed by atoms with van der Waals surface area (Å²) in [5.41, 5.74) is 3.66. The average Bonchev–Trinajstić information content (AvgIpc) is 2.72. The normalized spacial score (nSPS) is 10.9. The largest absolute Gasteiger partial charge is 0.507 e. The predicted octanol–water partition coefficient (Wildman–Crippen LogP) is 1.99. The van der Waals surface area contributed by atoms with Gasteiger partial charge in [-0.05, 0) is 30.2 Å². The van der Waals surface area contributed by atoms with Gasteiger partial charge < -0.3 is 9.84 Å². The Morgan fingerprint density at radius 3 is 2.97 bits per heavy atom. The monoisotopic (exact) mass is 392 g/mol. The van der Waals surface area contributed by atoms with Gasteiger partial charge in [-0.3, -0.25) is 14.2 Å². The van der Waals surface area contributed by atoms with Gasteiger partial charge >= 0.3 is 0 Å². The zero-order valence-corrected chi connectivity index (χ0v) is 15.8. The lowest BCUT2D eigenvalue weighted by Gasteiger charge is -2.07. The van der Waals surface area contributed by atoms with Crippen molar-refractivity contribution in [3.8, 4) is 11.5 Å². The summed E-state index contributed by atoms with van der Waals surface area (Å²) < 4.78 is 6.31. The third-order valence-electron chi connectivity index (χ3n) is 4.25. The van der Waals surface area contributed by atoms with Crippen LogP contribution in [-0.2, 0) is 17.8 Å². The zero-order valence-electron chi connectivity index (χ0n) is 15.8. The van der Waals surface area contributed by atoms with E-state index in [4.69, 9.17) is 4.74 Å². The van der Waals surface area contributed by atoms with E-state index in [1.165, 1.54) is 24.2 Å². The first-order valence-electron chi connectivity index (χ1n) is 8.80. The molecule has 8 nitrogen and oxygen atoms in total. The van der Waals surface area contributed by atoms with Gasteiger partial charge in [0.2, 0.25) is 0 Å². The maximum Gasteiger partial charge on any atom is 0.261 e. The molecular formula is C21H20N4O4. The van der Waals surface area contributed by atoms with Crippen LogP contribution in [0.5, 0.6) is 11.5 Å². The van der Waals surface area contributed by atoms with E-state index < -0.39 is 5.91 Å². The number of rotatable bonds is 7. The van der Waals surface area contributed by atoms with Gasteiger partial charge in [0.1, 0.15) is 18.0 Å². The van der Waals surface area contributed by atoms with Gasteiger partial charge in [-0.25, -0.2) is 10.4 Å². The number of para-hydroxylation sites is 1. The summed E-state index contributed by atoms with van der Waals surface area (Å²) in [5.74, 6) is 0.171. The Morgan fingerprint density at radius 2 is 2.21 bits per heavy atom. The molecule has 0 unspecified atom stereocenters. The molecule has 3 aromatic rings. The molecular weight excluding hydrogens is 372 g/mol. The Kier molecular flexibility index (Phi) is 6.03. The van der Waals surface area contributed by atoms with Crippen LogP contribution in [0.2, 0.25) is 0 Å². The highest BCUT2D eigenvalue weighted by molar-refractivity contribution is 5.86. The van der Waals surface area contributed by atoms with Gasteiger partial charge in [-0.15, -0.1) is 6.58 Å². The van der Waals surface area contributed by atoms with Crippen LogP contribution in [0.3, 0.4) is 0 Å². The fourth-order valence-corrected chi connectivity index (χ4v) is 2.78. The first-order valence-corrected chi connectivity index (χ1v) is 8.80. The summed E-state index contributed by atoms with van der Waals surface area (Å²) in [6.07, 6.45) is 4.85. The molecule has 0 fully saturated rings. The number of phenols is 1. The summed E-state index contributed by atoms with van der Waals surface area (Å²) in [6.45, 7) is 3.40. The molecule has 1 amide bonds. The first-order chi connectivity index (χ1) is 14.0. The number of hydrogen-bond donors (Lipinski definition) is 2. The lowest BCUT2D eigenvalue weighted by Crippen LogP contribution is -2.30. The van der Waals surface area contributed by atoms with Crippen molar-refractivity contribution in [2.45, 2.75) is 13.0 Å². The maximum absolute atomic E-state index is 12.5. The fourth-order valence-electron chi connectivity index (χ4n) is 2.78. The molecule has 0 saturated heterocycles. The molecule has 0 aliphatic rings. The van der Waals surface area contributed by atoms with E-state index in [9.17, 15) is 14.7 Å². The van der Waals surface area contributed by atoms with Crippen molar-refractivity contribution < 1.29 is 14.6 Å². The number of aromatic nitrogens is 2. The summed E-state index contributed by atoms with van der Waals surface area (Å²) in [7, 11) is 1.53. The Hall–Kier alpha value is -3.94. The topological polar surface area (TPSA) is 106 Å². The van der Waals surface area contributed by atoms with Crippen molar-refractivity contribution in [3.63, 3.8) is 0 Å². The SMILES string of the molecule is C=CCc1cccc(/C=N/NC(=O)Cn2cnc3cc(OC)ccc3c2=O)c1O. The highest BCUT2D eigenvalue weighted by Crippen LogP contribution is 2.21. The molecule has 2 aromatic carbocycles. The summed E-state index contributed by atoms with van der Waals surface area (Å²) in [6, 6.07) is 10.1. The van der Waals surface area contributed by atoms with E-state index in [0.29, 0.717) is 34.2 Å². The van der Waals surface area contributed by atoms with Crippen LogP contribution in [0.1, 0.15) is 11.1 Å². The molecule has 0 aliphatic carbocycles. The number of fused-ring (bicyclic) bond motifs is 1. The van der Waals surface area contributed by atoms with Gasteiger partial charge in [0, 0.05) is 11.6 Å². The number of methoxy groups -OCH3 is 1. The van der Waals surface area contributed by atoms with Crippen molar-refractivity contribution in [2.24, 2.45) is 5.10 Å². The van der Waals surface area contributed by atoms with Gasteiger partial charge in [0.15, 0.2) is 0 Å². The number of benzene rings is 2. The van der Waals surface area contributed by atoms with E-state index in [-0.39, 0.29) is 17.9 Å². The molecule has 148 valence electrons. The number of carbonyl (C=O) groups excluding carboxylic acids is 1. The second-order valence-electron chi connectivity index (χ2n) is 6.20. The quantitative estimate of drug-likeness (QED) is 0.363. The van der Waals surface area contributed by atoms with E-state index in [1.54, 1.807) is 42.5 Å². The maximum atomic E-state index is 12.5. The number of hydrogen-bond acceptors (Lipinski definition) is 6.